The Morgan fingerprint density at radius 3 is 2.55 bits per heavy atom. The summed E-state index contributed by atoms with van der Waals surface area (Å²) < 4.78 is -0.464. The molecule has 2 aliphatic rings. The number of rotatable bonds is 1. The highest BCUT2D eigenvalue weighted by Crippen LogP contribution is 2.57. The third kappa shape index (κ3) is 0.957. The second-order valence-electron chi connectivity index (χ2n) is 3.58. The van der Waals surface area contributed by atoms with E-state index in [0.717, 1.165) is 6.42 Å². The molecule has 0 spiro atoms. The van der Waals surface area contributed by atoms with Gasteiger partial charge in [-0.1, -0.05) is 19.1 Å². The summed E-state index contributed by atoms with van der Waals surface area (Å²) in [5.41, 5.74) is 0. The maximum atomic E-state index is 6.24. The zero-order valence-corrected chi connectivity index (χ0v) is 8.07. The highest BCUT2D eigenvalue weighted by molar-refractivity contribution is 6.49. The largest absolute Gasteiger partial charge is 0.127 e. The van der Waals surface area contributed by atoms with Crippen LogP contribution in [0, 0.1) is 17.8 Å². The average Bonchev–Trinajstić information content (AvgIpc) is 2.44. The van der Waals surface area contributed by atoms with E-state index in [0.29, 0.717) is 17.8 Å². The summed E-state index contributed by atoms with van der Waals surface area (Å²) in [5.74, 6) is 1.56. The van der Waals surface area contributed by atoms with Gasteiger partial charge in [0.15, 0.2) is 0 Å². The van der Waals surface area contributed by atoms with Crippen molar-refractivity contribution >= 4 is 23.2 Å². The molecule has 0 aromatic rings. The van der Waals surface area contributed by atoms with Crippen molar-refractivity contribution in [3.8, 4) is 0 Å². The van der Waals surface area contributed by atoms with Crippen molar-refractivity contribution < 1.29 is 0 Å². The van der Waals surface area contributed by atoms with Gasteiger partial charge in [0, 0.05) is 5.92 Å². The zero-order valence-electron chi connectivity index (χ0n) is 6.56. The maximum absolute atomic E-state index is 6.24. The number of halogens is 2. The Morgan fingerprint density at radius 2 is 2.18 bits per heavy atom. The molecule has 1 saturated carbocycles. The van der Waals surface area contributed by atoms with Crippen LogP contribution in [-0.4, -0.2) is 4.33 Å². The van der Waals surface area contributed by atoms with Gasteiger partial charge in [-0.05, 0) is 24.7 Å². The van der Waals surface area contributed by atoms with E-state index in [9.17, 15) is 0 Å². The van der Waals surface area contributed by atoms with Gasteiger partial charge in [0.25, 0.3) is 0 Å². The summed E-state index contributed by atoms with van der Waals surface area (Å²) in [5, 5.41) is 0. The predicted octanol–water partition coefficient (Wildman–Crippen LogP) is 3.39. The molecule has 62 valence electrons. The molecule has 0 heterocycles. The molecule has 0 saturated heterocycles. The number of alkyl halides is 2. The van der Waals surface area contributed by atoms with Crippen molar-refractivity contribution in [3.63, 3.8) is 0 Å². The van der Waals surface area contributed by atoms with Crippen LogP contribution in [0.5, 0.6) is 0 Å². The topological polar surface area (TPSA) is 0 Å². The Kier molecular flexibility index (Phi) is 1.73. The van der Waals surface area contributed by atoms with Crippen molar-refractivity contribution in [1.82, 2.24) is 0 Å². The summed E-state index contributed by atoms with van der Waals surface area (Å²) in [7, 11) is 0. The Balaban J connectivity index is 2.29. The van der Waals surface area contributed by atoms with Gasteiger partial charge < -0.3 is 0 Å². The molecule has 3 unspecified atom stereocenters. The lowest BCUT2D eigenvalue weighted by atomic mass is 9.90. The van der Waals surface area contributed by atoms with E-state index >= 15 is 0 Å². The first kappa shape index (κ1) is 7.94. The normalized spacial score (nSPS) is 45.2. The van der Waals surface area contributed by atoms with Crippen LogP contribution in [0.25, 0.3) is 0 Å². The quantitative estimate of drug-likeness (QED) is 0.440. The second kappa shape index (κ2) is 2.40. The van der Waals surface area contributed by atoms with E-state index in [1.807, 2.05) is 0 Å². The number of hydrogen-bond donors (Lipinski definition) is 0. The summed E-state index contributed by atoms with van der Waals surface area (Å²) >= 11 is 12.5. The Morgan fingerprint density at radius 1 is 1.45 bits per heavy atom. The fourth-order valence-electron chi connectivity index (χ4n) is 2.45. The number of hydrogen-bond acceptors (Lipinski definition) is 0. The first-order valence-corrected chi connectivity index (χ1v) is 4.98. The van der Waals surface area contributed by atoms with Gasteiger partial charge in [0.1, 0.15) is 4.33 Å². The van der Waals surface area contributed by atoms with Crippen LogP contribution in [0.15, 0.2) is 12.2 Å². The standard InChI is InChI=1S/C9H12Cl2/c1-2-8-6-3-4-7(5-6)9(8,10)11/h3-4,6-8H,2,5H2,1H3. The monoisotopic (exact) mass is 190 g/mol. The Hall–Kier alpha value is 0.320. The van der Waals surface area contributed by atoms with Gasteiger partial charge in [0.2, 0.25) is 0 Å². The number of allylic oxidation sites excluding steroid dienone is 2. The summed E-state index contributed by atoms with van der Waals surface area (Å²) in [6.45, 7) is 2.17. The van der Waals surface area contributed by atoms with E-state index in [1.165, 1.54) is 6.42 Å². The molecular weight excluding hydrogens is 179 g/mol. The second-order valence-corrected chi connectivity index (χ2v) is 5.02. The van der Waals surface area contributed by atoms with Crippen molar-refractivity contribution in [1.29, 1.82) is 0 Å². The molecule has 0 amide bonds. The summed E-state index contributed by atoms with van der Waals surface area (Å²) in [6, 6.07) is 0. The van der Waals surface area contributed by atoms with E-state index in [-0.39, 0.29) is 0 Å². The molecule has 0 N–H and O–H groups in total. The molecule has 2 heteroatoms. The molecule has 0 radical (unpaired) electrons. The molecule has 0 aromatic heterocycles. The fourth-order valence-corrected chi connectivity index (χ4v) is 3.40. The molecule has 11 heavy (non-hydrogen) atoms. The highest BCUT2D eigenvalue weighted by Gasteiger charge is 2.52. The lowest BCUT2D eigenvalue weighted by Gasteiger charge is -2.29. The van der Waals surface area contributed by atoms with E-state index in [4.69, 9.17) is 23.2 Å². The van der Waals surface area contributed by atoms with Gasteiger partial charge in [-0.25, -0.2) is 0 Å². The third-order valence-electron chi connectivity index (χ3n) is 3.06. The SMILES string of the molecule is CCC1C2C=CC(C2)C1(Cl)Cl. The first-order valence-electron chi connectivity index (χ1n) is 4.22. The van der Waals surface area contributed by atoms with Gasteiger partial charge in [0.05, 0.1) is 0 Å². The van der Waals surface area contributed by atoms with Crippen LogP contribution in [0.3, 0.4) is 0 Å². The predicted molar refractivity (Wildman–Crippen MR) is 49.0 cm³/mol. The zero-order chi connectivity index (χ0) is 8.06. The molecule has 0 nitrogen and oxygen atoms in total. The van der Waals surface area contributed by atoms with Crippen molar-refractivity contribution in [2.45, 2.75) is 24.1 Å². The van der Waals surface area contributed by atoms with Crippen molar-refractivity contribution in [2.24, 2.45) is 17.8 Å². The molecule has 0 aliphatic heterocycles. The lowest BCUT2D eigenvalue weighted by Crippen LogP contribution is -2.29. The molecule has 1 fully saturated rings. The number of fused-ring (bicyclic) bond motifs is 2. The average molecular weight is 191 g/mol. The first-order chi connectivity index (χ1) is 5.16. The van der Waals surface area contributed by atoms with E-state index in [1.54, 1.807) is 0 Å². The molecule has 2 rings (SSSR count). The third-order valence-corrected chi connectivity index (χ3v) is 4.18. The molecular formula is C9H12Cl2. The van der Waals surface area contributed by atoms with E-state index < -0.39 is 4.33 Å². The molecule has 2 bridgehead atoms. The van der Waals surface area contributed by atoms with Gasteiger partial charge >= 0.3 is 0 Å². The van der Waals surface area contributed by atoms with Crippen LogP contribution < -0.4 is 0 Å². The van der Waals surface area contributed by atoms with Crippen LogP contribution in [0.1, 0.15) is 19.8 Å². The van der Waals surface area contributed by atoms with Crippen LogP contribution in [0.4, 0.5) is 0 Å². The van der Waals surface area contributed by atoms with Gasteiger partial charge in [-0.15, -0.1) is 23.2 Å². The minimum absolute atomic E-state index is 0.417. The maximum Gasteiger partial charge on any atom is 0.127 e. The highest BCUT2D eigenvalue weighted by atomic mass is 35.5. The smallest absolute Gasteiger partial charge is 0.101 e. The van der Waals surface area contributed by atoms with Gasteiger partial charge in [-0.3, -0.25) is 0 Å². The van der Waals surface area contributed by atoms with Crippen LogP contribution in [-0.2, 0) is 0 Å². The van der Waals surface area contributed by atoms with E-state index in [2.05, 4.69) is 19.1 Å². The summed E-state index contributed by atoms with van der Waals surface area (Å²) in [6.07, 6.45) is 6.72. The minimum atomic E-state index is -0.464. The van der Waals surface area contributed by atoms with Crippen molar-refractivity contribution in [2.75, 3.05) is 0 Å². The molecule has 2 aliphatic carbocycles. The fraction of sp³-hybridized carbons (Fsp3) is 0.778. The van der Waals surface area contributed by atoms with Crippen LogP contribution >= 0.6 is 23.2 Å². The Labute approximate surface area is 77.6 Å². The van der Waals surface area contributed by atoms with Crippen LogP contribution in [0.2, 0.25) is 0 Å². The minimum Gasteiger partial charge on any atom is -0.101 e. The Bertz CT molecular complexity index is 196. The van der Waals surface area contributed by atoms with Crippen molar-refractivity contribution in [3.05, 3.63) is 12.2 Å². The lowest BCUT2D eigenvalue weighted by molar-refractivity contribution is 0.413. The van der Waals surface area contributed by atoms with Gasteiger partial charge in [-0.2, -0.15) is 0 Å². The molecule has 0 aromatic carbocycles. The summed E-state index contributed by atoms with van der Waals surface area (Å²) in [4.78, 5) is 0. The molecule has 3 atom stereocenters.